The first-order chi connectivity index (χ1) is 12.2. The summed E-state index contributed by atoms with van der Waals surface area (Å²) in [6, 6.07) is 7.18. The Kier molecular flexibility index (Phi) is 5.23. The predicted molar refractivity (Wildman–Crippen MR) is 94.0 cm³/mol. The van der Waals surface area contributed by atoms with Gasteiger partial charge in [-0.15, -0.1) is 10.2 Å². The van der Waals surface area contributed by atoms with Crippen LogP contribution in [0.15, 0.2) is 36.9 Å². The second-order valence-electron chi connectivity index (χ2n) is 5.95. The monoisotopic (exact) mass is 339 g/mol. The third kappa shape index (κ3) is 4.32. The highest BCUT2D eigenvalue weighted by molar-refractivity contribution is 5.98. The van der Waals surface area contributed by atoms with Gasteiger partial charge in [0.25, 0.3) is 0 Å². The molecule has 0 saturated carbocycles. The van der Waals surface area contributed by atoms with Crippen LogP contribution < -0.4 is 10.6 Å². The van der Waals surface area contributed by atoms with E-state index in [1.807, 2.05) is 12.1 Å². The quantitative estimate of drug-likeness (QED) is 0.743. The molecular weight excluding hydrogens is 318 g/mol. The first-order valence-electron chi connectivity index (χ1n) is 8.35. The van der Waals surface area contributed by atoms with Crippen molar-refractivity contribution in [2.45, 2.75) is 32.2 Å². The van der Waals surface area contributed by atoms with E-state index in [0.717, 1.165) is 36.6 Å². The number of hydrogen-bond donors (Lipinski definition) is 2. The number of nitrogens with zero attached hydrogens (tertiary/aromatic N) is 3. The molecule has 0 unspecified atom stereocenters. The topological polar surface area (TPSA) is 88.9 Å². The maximum absolute atomic E-state index is 12.0. The van der Waals surface area contributed by atoms with E-state index in [-0.39, 0.29) is 11.8 Å². The summed E-state index contributed by atoms with van der Waals surface area (Å²) in [5.74, 6) is 1.69. The van der Waals surface area contributed by atoms with Gasteiger partial charge < -0.3 is 15.2 Å². The molecule has 7 nitrogen and oxygen atoms in total. The fourth-order valence-corrected chi connectivity index (χ4v) is 2.86. The van der Waals surface area contributed by atoms with Crippen molar-refractivity contribution in [1.29, 1.82) is 0 Å². The number of carbonyl (C=O) groups excluding carboxylic acids is 2. The lowest BCUT2D eigenvalue weighted by Crippen LogP contribution is -2.27. The number of benzene rings is 1. The molecule has 0 bridgehead atoms. The number of hydrogen-bond acceptors (Lipinski definition) is 4. The van der Waals surface area contributed by atoms with Crippen LogP contribution in [0.25, 0.3) is 0 Å². The maximum atomic E-state index is 12.0. The van der Waals surface area contributed by atoms with Gasteiger partial charge in [-0.3, -0.25) is 9.59 Å². The molecule has 0 atom stereocenters. The predicted octanol–water partition coefficient (Wildman–Crippen LogP) is 1.25. The highest BCUT2D eigenvalue weighted by atomic mass is 16.2. The molecule has 1 aliphatic heterocycles. The van der Waals surface area contributed by atoms with Gasteiger partial charge in [0.2, 0.25) is 11.8 Å². The number of anilines is 1. The smallest absolute Gasteiger partial charge is 0.247 e. The molecule has 1 aliphatic rings. The van der Waals surface area contributed by atoms with Crippen LogP contribution in [0.1, 0.15) is 23.6 Å². The summed E-state index contributed by atoms with van der Waals surface area (Å²) in [4.78, 5) is 23.3. The SMILES string of the molecule is C=CC(=O)Nc1ccc(CC(=O)NCCc2nnc3n2CCC3)cc1. The van der Waals surface area contributed by atoms with E-state index in [4.69, 9.17) is 0 Å². The lowest BCUT2D eigenvalue weighted by molar-refractivity contribution is -0.120. The van der Waals surface area contributed by atoms with Gasteiger partial charge in [-0.1, -0.05) is 18.7 Å². The van der Waals surface area contributed by atoms with Gasteiger partial charge in [0.15, 0.2) is 0 Å². The van der Waals surface area contributed by atoms with Gasteiger partial charge in [0.05, 0.1) is 6.42 Å². The Morgan fingerprint density at radius 3 is 2.80 bits per heavy atom. The van der Waals surface area contributed by atoms with Gasteiger partial charge in [-0.05, 0) is 30.2 Å². The number of aromatic nitrogens is 3. The van der Waals surface area contributed by atoms with Crippen LogP contribution in [-0.4, -0.2) is 33.1 Å². The van der Waals surface area contributed by atoms with Gasteiger partial charge in [0.1, 0.15) is 11.6 Å². The van der Waals surface area contributed by atoms with Crippen LogP contribution in [0, 0.1) is 0 Å². The summed E-state index contributed by atoms with van der Waals surface area (Å²) in [7, 11) is 0. The molecular formula is C18H21N5O2. The van der Waals surface area contributed by atoms with E-state index in [9.17, 15) is 9.59 Å². The molecule has 2 amide bonds. The number of rotatable bonds is 7. The fourth-order valence-electron chi connectivity index (χ4n) is 2.86. The minimum Gasteiger partial charge on any atom is -0.355 e. The molecule has 0 radical (unpaired) electrons. The van der Waals surface area contributed by atoms with E-state index in [1.165, 1.54) is 6.08 Å². The van der Waals surface area contributed by atoms with Crippen molar-refractivity contribution >= 4 is 17.5 Å². The molecule has 25 heavy (non-hydrogen) atoms. The number of carbonyl (C=O) groups is 2. The number of aryl methyl sites for hydroxylation is 1. The highest BCUT2D eigenvalue weighted by Crippen LogP contribution is 2.14. The highest BCUT2D eigenvalue weighted by Gasteiger charge is 2.16. The van der Waals surface area contributed by atoms with Crippen molar-refractivity contribution in [2.24, 2.45) is 0 Å². The van der Waals surface area contributed by atoms with Crippen molar-refractivity contribution < 1.29 is 9.59 Å². The molecule has 0 fully saturated rings. The normalized spacial score (nSPS) is 12.5. The van der Waals surface area contributed by atoms with Crippen LogP contribution in [0.2, 0.25) is 0 Å². The van der Waals surface area contributed by atoms with Crippen LogP contribution in [0.5, 0.6) is 0 Å². The van der Waals surface area contributed by atoms with Crippen molar-refractivity contribution in [3.8, 4) is 0 Å². The standard InChI is InChI=1S/C18H21N5O2/c1-2-17(24)20-14-7-5-13(6-8-14)12-18(25)19-10-9-16-22-21-15-4-3-11-23(15)16/h2,5-8H,1,3-4,9-12H2,(H,19,25)(H,20,24). The molecule has 0 spiro atoms. The lowest BCUT2D eigenvalue weighted by atomic mass is 10.1. The van der Waals surface area contributed by atoms with Gasteiger partial charge in [-0.25, -0.2) is 0 Å². The molecule has 2 aromatic rings. The molecule has 0 aliphatic carbocycles. The van der Waals surface area contributed by atoms with Crippen molar-refractivity contribution in [1.82, 2.24) is 20.1 Å². The Balaban J connectivity index is 1.44. The van der Waals surface area contributed by atoms with E-state index < -0.39 is 0 Å². The van der Waals surface area contributed by atoms with Crippen molar-refractivity contribution in [3.05, 3.63) is 54.1 Å². The van der Waals surface area contributed by atoms with Crippen molar-refractivity contribution in [3.63, 3.8) is 0 Å². The van der Waals surface area contributed by atoms with Crippen LogP contribution in [0.3, 0.4) is 0 Å². The van der Waals surface area contributed by atoms with Crippen molar-refractivity contribution in [2.75, 3.05) is 11.9 Å². The average molecular weight is 339 g/mol. The second kappa shape index (κ2) is 7.74. The van der Waals surface area contributed by atoms with Gasteiger partial charge >= 0.3 is 0 Å². The van der Waals surface area contributed by atoms with Crippen LogP contribution >= 0.6 is 0 Å². The summed E-state index contributed by atoms with van der Waals surface area (Å²) < 4.78 is 2.14. The van der Waals surface area contributed by atoms with E-state index in [0.29, 0.717) is 25.1 Å². The third-order valence-corrected chi connectivity index (χ3v) is 4.13. The lowest BCUT2D eigenvalue weighted by Gasteiger charge is -2.07. The molecule has 2 N–H and O–H groups in total. The number of fused-ring (bicyclic) bond motifs is 1. The molecule has 130 valence electrons. The third-order valence-electron chi connectivity index (χ3n) is 4.13. The summed E-state index contributed by atoms with van der Waals surface area (Å²) >= 11 is 0. The largest absolute Gasteiger partial charge is 0.355 e. The summed E-state index contributed by atoms with van der Waals surface area (Å²) in [5, 5.41) is 13.9. The number of nitrogens with one attached hydrogen (secondary N) is 2. The molecule has 1 aromatic carbocycles. The Morgan fingerprint density at radius 1 is 1.24 bits per heavy atom. The Hall–Kier alpha value is -2.96. The zero-order chi connectivity index (χ0) is 17.6. The molecule has 3 rings (SSSR count). The first-order valence-corrected chi connectivity index (χ1v) is 8.35. The zero-order valence-corrected chi connectivity index (χ0v) is 14.0. The Labute approximate surface area is 146 Å². The van der Waals surface area contributed by atoms with E-state index in [2.05, 4.69) is 32.0 Å². The zero-order valence-electron chi connectivity index (χ0n) is 14.0. The summed E-state index contributed by atoms with van der Waals surface area (Å²) in [5.41, 5.74) is 1.56. The molecule has 7 heteroatoms. The first kappa shape index (κ1) is 16.9. The average Bonchev–Trinajstić information content (AvgIpc) is 3.21. The maximum Gasteiger partial charge on any atom is 0.247 e. The van der Waals surface area contributed by atoms with Gasteiger partial charge in [0, 0.05) is 31.6 Å². The van der Waals surface area contributed by atoms with E-state index >= 15 is 0 Å². The Bertz CT molecular complexity index is 779. The van der Waals surface area contributed by atoms with Gasteiger partial charge in [-0.2, -0.15) is 0 Å². The Morgan fingerprint density at radius 2 is 2.04 bits per heavy atom. The van der Waals surface area contributed by atoms with E-state index in [1.54, 1.807) is 12.1 Å². The molecule has 0 saturated heterocycles. The van der Waals surface area contributed by atoms with Crippen LogP contribution in [-0.2, 0) is 35.4 Å². The summed E-state index contributed by atoms with van der Waals surface area (Å²) in [6.45, 7) is 4.92. The second-order valence-corrected chi connectivity index (χ2v) is 5.95. The molecule has 1 aromatic heterocycles. The number of amides is 2. The molecule has 2 heterocycles. The van der Waals surface area contributed by atoms with Crippen LogP contribution in [0.4, 0.5) is 5.69 Å². The minimum absolute atomic E-state index is 0.0379. The minimum atomic E-state index is -0.259. The fraction of sp³-hybridized carbons (Fsp3) is 0.333. The summed E-state index contributed by atoms with van der Waals surface area (Å²) in [6.07, 6.45) is 4.31.